The Morgan fingerprint density at radius 3 is 2.54 bits per heavy atom. The summed E-state index contributed by atoms with van der Waals surface area (Å²) in [6.07, 6.45) is 0. The first-order chi connectivity index (χ1) is 11.4. The van der Waals surface area contributed by atoms with Gasteiger partial charge in [-0.25, -0.2) is 4.79 Å². The lowest BCUT2D eigenvalue weighted by Gasteiger charge is -2.08. The van der Waals surface area contributed by atoms with E-state index in [1.165, 1.54) is 19.2 Å². The van der Waals surface area contributed by atoms with Crippen LogP contribution in [0, 0.1) is 6.92 Å². The first-order valence-electron chi connectivity index (χ1n) is 6.93. The molecule has 1 aromatic heterocycles. The van der Waals surface area contributed by atoms with Gasteiger partial charge in [0.1, 0.15) is 4.88 Å². The number of thiophene rings is 1. The van der Waals surface area contributed by atoms with Gasteiger partial charge in [0.25, 0.3) is 5.91 Å². The molecule has 0 aliphatic heterocycles. The van der Waals surface area contributed by atoms with Gasteiger partial charge in [0, 0.05) is 10.2 Å². The fourth-order valence-electron chi connectivity index (χ4n) is 1.85. The lowest BCUT2D eigenvalue weighted by molar-refractivity contribution is -0.115. The number of nitrogens with one attached hydrogen (secondary N) is 2. The molecule has 0 atom stereocenters. The third kappa shape index (κ3) is 4.65. The lowest BCUT2D eigenvalue weighted by Crippen LogP contribution is -2.32. The Labute approximate surface area is 151 Å². The van der Waals surface area contributed by atoms with Crippen LogP contribution in [0.3, 0.4) is 0 Å². The summed E-state index contributed by atoms with van der Waals surface area (Å²) in [7, 11) is 1.27. The number of hydrogen-bond donors (Lipinski definition) is 2. The molecule has 0 aliphatic carbocycles. The van der Waals surface area contributed by atoms with Crippen LogP contribution >= 0.6 is 27.3 Å². The van der Waals surface area contributed by atoms with Crippen molar-refractivity contribution in [3.8, 4) is 0 Å². The van der Waals surface area contributed by atoms with Crippen LogP contribution in [0.2, 0.25) is 0 Å². The molecule has 24 heavy (non-hydrogen) atoms. The Bertz CT molecular complexity index is 788. The molecule has 0 spiro atoms. The van der Waals surface area contributed by atoms with Crippen LogP contribution in [0.1, 0.15) is 24.9 Å². The molecule has 0 unspecified atom stereocenters. The summed E-state index contributed by atoms with van der Waals surface area (Å²) in [5.41, 5.74) is 1.64. The maximum absolute atomic E-state index is 12.0. The minimum atomic E-state index is -0.498. The number of rotatable bonds is 5. The first-order valence-corrected chi connectivity index (χ1v) is 8.54. The lowest BCUT2D eigenvalue weighted by atomic mass is 10.2. The smallest absolute Gasteiger partial charge is 0.348 e. The zero-order valence-corrected chi connectivity index (χ0v) is 15.4. The highest BCUT2D eigenvalue weighted by Gasteiger charge is 2.14. The van der Waals surface area contributed by atoms with Crippen LogP contribution in [0.25, 0.3) is 0 Å². The molecule has 0 radical (unpaired) electrons. The molecule has 2 N–H and O–H groups in total. The van der Waals surface area contributed by atoms with Crippen molar-refractivity contribution in [1.29, 1.82) is 0 Å². The van der Waals surface area contributed by atoms with Gasteiger partial charge in [-0.1, -0.05) is 15.9 Å². The molecule has 0 fully saturated rings. The minimum Gasteiger partial charge on any atom is -0.465 e. The molecule has 1 aromatic carbocycles. The van der Waals surface area contributed by atoms with Crippen LogP contribution in [0.15, 0.2) is 34.8 Å². The van der Waals surface area contributed by atoms with Crippen molar-refractivity contribution in [3.63, 3.8) is 0 Å². The largest absolute Gasteiger partial charge is 0.465 e. The monoisotopic (exact) mass is 410 g/mol. The molecule has 0 saturated heterocycles. The van der Waals surface area contributed by atoms with Gasteiger partial charge in [-0.3, -0.25) is 9.59 Å². The van der Waals surface area contributed by atoms with Gasteiger partial charge in [0.05, 0.1) is 18.5 Å². The molecule has 6 nitrogen and oxygen atoms in total. The van der Waals surface area contributed by atoms with Crippen molar-refractivity contribution in [2.75, 3.05) is 19.0 Å². The summed E-state index contributed by atoms with van der Waals surface area (Å²) in [6.45, 7) is 1.75. The molecule has 0 bridgehead atoms. The third-order valence-electron chi connectivity index (χ3n) is 3.07. The van der Waals surface area contributed by atoms with Gasteiger partial charge in [-0.15, -0.1) is 11.3 Å². The van der Waals surface area contributed by atoms with Gasteiger partial charge in [0.2, 0.25) is 5.91 Å². The van der Waals surface area contributed by atoms with Gasteiger partial charge >= 0.3 is 5.97 Å². The third-order valence-corrected chi connectivity index (χ3v) is 5.02. The Kier molecular flexibility index (Phi) is 6.10. The normalized spacial score (nSPS) is 10.1. The summed E-state index contributed by atoms with van der Waals surface area (Å²) < 4.78 is 5.54. The fourth-order valence-corrected chi connectivity index (χ4v) is 2.93. The van der Waals surface area contributed by atoms with E-state index in [1.807, 2.05) is 19.1 Å². The summed E-state index contributed by atoms with van der Waals surface area (Å²) in [5.74, 6) is -1.26. The van der Waals surface area contributed by atoms with Crippen molar-refractivity contribution in [3.05, 3.63) is 50.1 Å². The van der Waals surface area contributed by atoms with Crippen LogP contribution in [0.5, 0.6) is 0 Å². The van der Waals surface area contributed by atoms with Gasteiger partial charge < -0.3 is 15.4 Å². The van der Waals surface area contributed by atoms with Crippen molar-refractivity contribution < 1.29 is 19.1 Å². The van der Waals surface area contributed by atoms with Crippen molar-refractivity contribution in [1.82, 2.24) is 5.32 Å². The van der Waals surface area contributed by atoms with E-state index in [4.69, 9.17) is 0 Å². The maximum Gasteiger partial charge on any atom is 0.348 e. The quantitative estimate of drug-likeness (QED) is 0.741. The average Bonchev–Trinajstić information content (AvgIpc) is 3.05. The number of methoxy groups -OCH3 is 1. The van der Waals surface area contributed by atoms with E-state index >= 15 is 0 Å². The second-order valence-electron chi connectivity index (χ2n) is 4.85. The number of ether oxygens (including phenoxy) is 1. The number of amides is 2. The predicted molar refractivity (Wildman–Crippen MR) is 95.5 cm³/mol. The van der Waals surface area contributed by atoms with Gasteiger partial charge in [0.15, 0.2) is 0 Å². The van der Waals surface area contributed by atoms with Crippen molar-refractivity contribution >= 4 is 50.7 Å². The highest BCUT2D eigenvalue weighted by molar-refractivity contribution is 9.10. The molecule has 0 saturated carbocycles. The van der Waals surface area contributed by atoms with E-state index in [-0.39, 0.29) is 12.5 Å². The standard InChI is InChI=1S/C16H15BrN2O4S/c1-9-7-10(3-4-11(9)17)19-14(20)8-18-15(21)12-5-6-13(24-12)16(22)23-2/h3-7H,8H2,1-2H3,(H,18,21)(H,19,20). The van der Waals surface area contributed by atoms with Gasteiger partial charge in [-0.05, 0) is 42.8 Å². The number of esters is 1. The number of halogens is 1. The van der Waals surface area contributed by atoms with Crippen molar-refractivity contribution in [2.24, 2.45) is 0 Å². The number of carbonyl (C=O) groups excluding carboxylic acids is 3. The van der Waals surface area contributed by atoms with Crippen LogP contribution in [-0.4, -0.2) is 31.4 Å². The van der Waals surface area contributed by atoms with Crippen LogP contribution < -0.4 is 10.6 Å². The Morgan fingerprint density at radius 2 is 1.88 bits per heavy atom. The van der Waals surface area contributed by atoms with E-state index in [1.54, 1.807) is 6.07 Å². The Balaban J connectivity index is 1.89. The molecule has 126 valence electrons. The highest BCUT2D eigenvalue weighted by Crippen LogP contribution is 2.20. The summed E-state index contributed by atoms with van der Waals surface area (Å²) in [6, 6.07) is 8.45. The zero-order chi connectivity index (χ0) is 17.7. The molecule has 2 amide bonds. The van der Waals surface area contributed by atoms with Crippen LogP contribution in [0.4, 0.5) is 5.69 Å². The SMILES string of the molecule is COC(=O)c1ccc(C(=O)NCC(=O)Nc2ccc(Br)c(C)c2)s1. The van der Waals surface area contributed by atoms with E-state index in [0.717, 1.165) is 21.4 Å². The fraction of sp³-hybridized carbons (Fsp3) is 0.188. The second kappa shape index (κ2) is 8.07. The highest BCUT2D eigenvalue weighted by atomic mass is 79.9. The van der Waals surface area contributed by atoms with E-state index in [2.05, 4.69) is 31.3 Å². The molecule has 1 heterocycles. The summed E-state index contributed by atoms with van der Waals surface area (Å²) in [4.78, 5) is 35.9. The second-order valence-corrected chi connectivity index (χ2v) is 6.79. The zero-order valence-electron chi connectivity index (χ0n) is 13.0. The average molecular weight is 411 g/mol. The summed E-state index contributed by atoms with van der Waals surface area (Å²) >= 11 is 4.40. The predicted octanol–water partition coefficient (Wildman–Crippen LogP) is 2.97. The van der Waals surface area contributed by atoms with Crippen molar-refractivity contribution in [2.45, 2.75) is 6.92 Å². The van der Waals surface area contributed by atoms with E-state index in [0.29, 0.717) is 15.4 Å². The summed E-state index contributed by atoms with van der Waals surface area (Å²) in [5, 5.41) is 5.22. The molecule has 8 heteroatoms. The number of aryl methyl sites for hydroxylation is 1. The minimum absolute atomic E-state index is 0.167. The Morgan fingerprint density at radius 1 is 1.17 bits per heavy atom. The molecular formula is C16H15BrN2O4S. The van der Waals surface area contributed by atoms with E-state index < -0.39 is 11.9 Å². The number of hydrogen-bond acceptors (Lipinski definition) is 5. The molecule has 2 rings (SSSR count). The molecule has 0 aliphatic rings. The first kappa shape index (κ1) is 18.2. The number of anilines is 1. The van der Waals surface area contributed by atoms with Gasteiger partial charge in [-0.2, -0.15) is 0 Å². The van der Waals surface area contributed by atoms with Crippen LogP contribution in [-0.2, 0) is 9.53 Å². The maximum atomic E-state index is 12.0. The molecular weight excluding hydrogens is 396 g/mol. The Hall–Kier alpha value is -2.19. The topological polar surface area (TPSA) is 84.5 Å². The number of carbonyl (C=O) groups is 3. The van der Waals surface area contributed by atoms with E-state index in [9.17, 15) is 14.4 Å². The number of benzene rings is 1. The molecule has 2 aromatic rings.